The molecule has 28 heavy (non-hydrogen) atoms. The highest BCUT2D eigenvalue weighted by Gasteiger charge is 2.31. The van der Waals surface area contributed by atoms with Crippen molar-refractivity contribution in [2.24, 2.45) is 0 Å². The van der Waals surface area contributed by atoms with Crippen LogP contribution in [0.25, 0.3) is 0 Å². The van der Waals surface area contributed by atoms with Crippen LogP contribution in [0, 0.1) is 0 Å². The molecule has 0 saturated carbocycles. The van der Waals surface area contributed by atoms with Gasteiger partial charge < -0.3 is 14.8 Å². The van der Waals surface area contributed by atoms with E-state index in [1.165, 1.54) is 18.4 Å². The molecule has 1 aliphatic heterocycles. The molecule has 3 N–H and O–H groups in total. The standard InChI is InChI=1S/C19H24N4O4S/c1-10(2)16-15(18(25)27-4)20-19(28-16)21-17(24)14-9-13(22-23-14)11-6-5-7-12(8-11)26-3/h5-8,10,13-14,22-23H,9H2,1-4H3,(H,20,21,24). The maximum Gasteiger partial charge on any atom is 0.357 e. The van der Waals surface area contributed by atoms with E-state index in [-0.39, 0.29) is 23.6 Å². The van der Waals surface area contributed by atoms with Crippen LogP contribution in [0.4, 0.5) is 5.13 Å². The molecule has 1 aromatic heterocycles. The van der Waals surface area contributed by atoms with Crippen molar-refractivity contribution in [3.05, 3.63) is 40.4 Å². The summed E-state index contributed by atoms with van der Waals surface area (Å²) in [5.41, 5.74) is 7.46. The van der Waals surface area contributed by atoms with Crippen LogP contribution >= 0.6 is 11.3 Å². The molecule has 2 atom stereocenters. The number of aromatic nitrogens is 1. The number of benzene rings is 1. The van der Waals surface area contributed by atoms with E-state index in [1.54, 1.807) is 7.11 Å². The minimum atomic E-state index is -0.501. The van der Waals surface area contributed by atoms with Gasteiger partial charge >= 0.3 is 5.97 Å². The molecular formula is C19H24N4O4S. The van der Waals surface area contributed by atoms with Crippen LogP contribution in [0.3, 0.4) is 0 Å². The number of amides is 1. The van der Waals surface area contributed by atoms with Gasteiger partial charge in [-0.1, -0.05) is 26.0 Å². The van der Waals surface area contributed by atoms with Gasteiger partial charge in [0.2, 0.25) is 5.91 Å². The van der Waals surface area contributed by atoms with Crippen LogP contribution in [0.15, 0.2) is 24.3 Å². The minimum absolute atomic E-state index is 0.0148. The summed E-state index contributed by atoms with van der Waals surface area (Å²) in [6.07, 6.45) is 0.575. The first-order valence-electron chi connectivity index (χ1n) is 8.97. The number of carbonyl (C=O) groups excluding carboxylic acids is 2. The maximum absolute atomic E-state index is 12.7. The highest BCUT2D eigenvalue weighted by molar-refractivity contribution is 7.16. The van der Waals surface area contributed by atoms with Crippen molar-refractivity contribution in [3.63, 3.8) is 0 Å². The zero-order valence-electron chi connectivity index (χ0n) is 16.2. The molecule has 3 rings (SSSR count). The fourth-order valence-corrected chi connectivity index (χ4v) is 3.98. The number of nitrogens with zero attached hydrogens (tertiary/aromatic N) is 1. The fourth-order valence-electron chi connectivity index (χ4n) is 3.02. The zero-order chi connectivity index (χ0) is 20.3. The van der Waals surface area contributed by atoms with Crippen LogP contribution in [0.1, 0.15) is 53.2 Å². The second kappa shape index (κ2) is 8.68. The van der Waals surface area contributed by atoms with Gasteiger partial charge in [-0.25, -0.2) is 20.6 Å². The summed E-state index contributed by atoms with van der Waals surface area (Å²) in [6, 6.07) is 7.28. The number of anilines is 1. The number of hydrazine groups is 1. The highest BCUT2D eigenvalue weighted by atomic mass is 32.1. The van der Waals surface area contributed by atoms with Gasteiger partial charge in [-0.05, 0) is 30.0 Å². The quantitative estimate of drug-likeness (QED) is 0.636. The summed E-state index contributed by atoms with van der Waals surface area (Å²) in [4.78, 5) is 29.6. The van der Waals surface area contributed by atoms with E-state index in [4.69, 9.17) is 9.47 Å². The fraction of sp³-hybridized carbons (Fsp3) is 0.421. The van der Waals surface area contributed by atoms with Gasteiger partial charge in [0, 0.05) is 10.9 Å². The molecule has 2 aromatic rings. The van der Waals surface area contributed by atoms with Crippen LogP contribution in [-0.2, 0) is 9.53 Å². The molecule has 9 heteroatoms. The summed E-state index contributed by atoms with van der Waals surface area (Å²) < 4.78 is 10.0. The Labute approximate surface area is 167 Å². The Balaban J connectivity index is 1.68. The van der Waals surface area contributed by atoms with Gasteiger partial charge in [0.05, 0.1) is 14.2 Å². The minimum Gasteiger partial charge on any atom is -0.497 e. The summed E-state index contributed by atoms with van der Waals surface area (Å²) in [6.45, 7) is 3.93. The number of rotatable bonds is 6. The van der Waals surface area contributed by atoms with Gasteiger partial charge in [-0.3, -0.25) is 4.79 Å². The number of carbonyl (C=O) groups is 2. The smallest absolute Gasteiger partial charge is 0.357 e. The summed E-state index contributed by atoms with van der Waals surface area (Å²) in [5, 5.41) is 3.20. The highest BCUT2D eigenvalue weighted by Crippen LogP contribution is 2.31. The molecule has 0 bridgehead atoms. The third kappa shape index (κ3) is 4.32. The monoisotopic (exact) mass is 404 g/mol. The average Bonchev–Trinajstić information content (AvgIpc) is 3.35. The molecule has 150 valence electrons. The van der Waals surface area contributed by atoms with Crippen LogP contribution in [0.5, 0.6) is 5.75 Å². The molecule has 1 aromatic carbocycles. The van der Waals surface area contributed by atoms with Crippen molar-refractivity contribution in [2.45, 2.75) is 38.3 Å². The number of thiazole rings is 1. The Morgan fingerprint density at radius 2 is 2.07 bits per heavy atom. The van der Waals surface area contributed by atoms with Gasteiger partial charge in [0.1, 0.15) is 11.8 Å². The van der Waals surface area contributed by atoms with E-state index >= 15 is 0 Å². The number of ether oxygens (including phenoxy) is 2. The Morgan fingerprint density at radius 1 is 1.29 bits per heavy atom. The van der Waals surface area contributed by atoms with E-state index in [2.05, 4.69) is 21.2 Å². The second-order valence-corrected chi connectivity index (χ2v) is 7.80. The Kier molecular flexibility index (Phi) is 6.28. The van der Waals surface area contributed by atoms with Gasteiger partial charge in [0.25, 0.3) is 0 Å². The van der Waals surface area contributed by atoms with Crippen molar-refractivity contribution in [3.8, 4) is 5.75 Å². The Bertz CT molecular complexity index is 867. The number of esters is 1. The van der Waals surface area contributed by atoms with Crippen molar-refractivity contribution in [2.75, 3.05) is 19.5 Å². The summed E-state index contributed by atoms with van der Waals surface area (Å²) in [7, 11) is 2.94. The lowest BCUT2D eigenvalue weighted by Gasteiger charge is -2.11. The first-order chi connectivity index (χ1) is 13.4. The molecule has 1 aliphatic rings. The predicted octanol–water partition coefficient (Wildman–Crippen LogP) is 2.61. The molecule has 0 aliphatic carbocycles. The Morgan fingerprint density at radius 3 is 2.75 bits per heavy atom. The number of hydrogen-bond acceptors (Lipinski definition) is 8. The molecule has 0 spiro atoms. The first kappa shape index (κ1) is 20.2. The number of methoxy groups -OCH3 is 2. The number of nitrogens with one attached hydrogen (secondary N) is 3. The molecule has 1 amide bonds. The van der Waals surface area contributed by atoms with Gasteiger partial charge in [0.15, 0.2) is 10.8 Å². The largest absolute Gasteiger partial charge is 0.497 e. The van der Waals surface area contributed by atoms with Crippen LogP contribution < -0.4 is 20.9 Å². The van der Waals surface area contributed by atoms with E-state index in [0.717, 1.165) is 16.2 Å². The average molecular weight is 404 g/mol. The summed E-state index contributed by atoms with van der Waals surface area (Å²) >= 11 is 1.29. The Hall–Kier alpha value is -2.49. The lowest BCUT2D eigenvalue weighted by Crippen LogP contribution is -2.39. The van der Waals surface area contributed by atoms with E-state index in [0.29, 0.717) is 11.6 Å². The van der Waals surface area contributed by atoms with Crippen molar-refractivity contribution < 1.29 is 19.1 Å². The molecule has 8 nitrogen and oxygen atoms in total. The molecule has 2 heterocycles. The van der Waals surface area contributed by atoms with Crippen molar-refractivity contribution in [1.29, 1.82) is 0 Å². The maximum atomic E-state index is 12.7. The molecular weight excluding hydrogens is 380 g/mol. The molecule has 2 unspecified atom stereocenters. The van der Waals surface area contributed by atoms with E-state index < -0.39 is 12.0 Å². The predicted molar refractivity (Wildman–Crippen MR) is 107 cm³/mol. The van der Waals surface area contributed by atoms with Gasteiger partial charge in [-0.15, -0.1) is 11.3 Å². The van der Waals surface area contributed by atoms with Crippen molar-refractivity contribution >= 4 is 28.3 Å². The van der Waals surface area contributed by atoms with Crippen LogP contribution in [0.2, 0.25) is 0 Å². The topological polar surface area (TPSA) is 102 Å². The first-order valence-corrected chi connectivity index (χ1v) is 9.79. The van der Waals surface area contributed by atoms with E-state index in [1.807, 2.05) is 38.1 Å². The zero-order valence-corrected chi connectivity index (χ0v) is 17.1. The van der Waals surface area contributed by atoms with Gasteiger partial charge in [-0.2, -0.15) is 0 Å². The summed E-state index contributed by atoms with van der Waals surface area (Å²) in [5.74, 6) is 0.157. The number of hydrogen-bond donors (Lipinski definition) is 3. The third-order valence-corrected chi connectivity index (χ3v) is 5.77. The molecule has 1 fully saturated rings. The SMILES string of the molecule is COC(=O)c1nc(NC(=O)C2CC(c3cccc(OC)c3)NN2)sc1C(C)C. The molecule has 1 saturated heterocycles. The third-order valence-electron chi connectivity index (χ3n) is 4.50. The lowest BCUT2D eigenvalue weighted by atomic mass is 10.0. The normalized spacial score (nSPS) is 18.9. The lowest BCUT2D eigenvalue weighted by molar-refractivity contribution is -0.117. The van der Waals surface area contributed by atoms with Crippen LogP contribution in [-0.4, -0.2) is 37.1 Å². The second-order valence-electron chi connectivity index (χ2n) is 6.77. The van der Waals surface area contributed by atoms with Crippen molar-refractivity contribution in [1.82, 2.24) is 15.8 Å². The molecule has 0 radical (unpaired) electrons. The van der Waals surface area contributed by atoms with E-state index in [9.17, 15) is 9.59 Å².